The molecular weight excluding hydrogens is 292 g/mol. The summed E-state index contributed by atoms with van der Waals surface area (Å²) in [6.07, 6.45) is 0.873. The minimum Gasteiger partial charge on any atom is -0.478 e. The van der Waals surface area contributed by atoms with E-state index >= 15 is 0 Å². The van der Waals surface area contributed by atoms with E-state index in [2.05, 4.69) is 11.4 Å². The van der Waals surface area contributed by atoms with Gasteiger partial charge in [0.25, 0.3) is 0 Å². The molecule has 0 radical (unpaired) electrons. The maximum Gasteiger partial charge on any atom is 0.335 e. The zero-order chi connectivity index (χ0) is 16.4. The molecule has 2 N–H and O–H groups in total. The second-order valence-electron chi connectivity index (χ2n) is 5.62. The first-order valence-corrected chi connectivity index (χ1v) is 7.52. The molecule has 1 heterocycles. The van der Waals surface area contributed by atoms with Crippen LogP contribution in [0.15, 0.2) is 42.5 Å². The third-order valence-corrected chi connectivity index (χ3v) is 4.05. The van der Waals surface area contributed by atoms with Crippen LogP contribution in [0, 0.1) is 0 Å². The average molecular weight is 310 g/mol. The monoisotopic (exact) mass is 310 g/mol. The standard InChI is InChI=1S/C18H18N2O3/c1-12(21)20-9-8-15-10-16(6-7-17(15)20)19-11-13-2-4-14(5-3-13)18(22)23/h2-7,10,19H,8-9,11H2,1H3,(H,22,23). The molecule has 1 amide bonds. The second-order valence-corrected chi connectivity index (χ2v) is 5.62. The molecule has 118 valence electrons. The Morgan fingerprint density at radius 2 is 1.91 bits per heavy atom. The lowest BCUT2D eigenvalue weighted by atomic mass is 10.1. The van der Waals surface area contributed by atoms with Gasteiger partial charge in [-0.25, -0.2) is 4.79 Å². The van der Waals surface area contributed by atoms with E-state index in [0.717, 1.165) is 29.9 Å². The summed E-state index contributed by atoms with van der Waals surface area (Å²) in [5, 5.41) is 12.2. The zero-order valence-corrected chi connectivity index (χ0v) is 12.9. The molecule has 1 aliphatic heterocycles. The zero-order valence-electron chi connectivity index (χ0n) is 12.9. The summed E-state index contributed by atoms with van der Waals surface area (Å²) in [5.41, 5.74) is 4.47. The number of carboxylic acid groups (broad SMARTS) is 1. The van der Waals surface area contributed by atoms with Gasteiger partial charge in [0.1, 0.15) is 0 Å². The number of amides is 1. The smallest absolute Gasteiger partial charge is 0.335 e. The molecule has 0 aromatic heterocycles. The summed E-state index contributed by atoms with van der Waals surface area (Å²) in [7, 11) is 0. The summed E-state index contributed by atoms with van der Waals surface area (Å²) in [6, 6.07) is 12.8. The first-order valence-electron chi connectivity index (χ1n) is 7.52. The topological polar surface area (TPSA) is 69.6 Å². The van der Waals surface area contributed by atoms with Crippen LogP contribution in [0.1, 0.15) is 28.4 Å². The van der Waals surface area contributed by atoms with Crippen molar-refractivity contribution in [2.45, 2.75) is 19.9 Å². The molecule has 23 heavy (non-hydrogen) atoms. The maximum absolute atomic E-state index is 11.5. The minimum absolute atomic E-state index is 0.0722. The predicted octanol–water partition coefficient (Wildman–Crippen LogP) is 2.91. The molecule has 0 bridgehead atoms. The Morgan fingerprint density at radius 1 is 1.17 bits per heavy atom. The van der Waals surface area contributed by atoms with Gasteiger partial charge in [-0.1, -0.05) is 12.1 Å². The summed E-state index contributed by atoms with van der Waals surface area (Å²) >= 11 is 0. The van der Waals surface area contributed by atoms with Gasteiger partial charge in [0.2, 0.25) is 5.91 Å². The number of fused-ring (bicyclic) bond motifs is 1. The normalized spacial score (nSPS) is 12.8. The molecule has 5 nitrogen and oxygen atoms in total. The summed E-state index contributed by atoms with van der Waals surface area (Å²) < 4.78 is 0. The van der Waals surface area contributed by atoms with Crippen LogP contribution in [0.4, 0.5) is 11.4 Å². The van der Waals surface area contributed by atoms with Crippen molar-refractivity contribution in [2.24, 2.45) is 0 Å². The molecule has 1 aliphatic rings. The van der Waals surface area contributed by atoms with Crippen molar-refractivity contribution >= 4 is 23.3 Å². The summed E-state index contributed by atoms with van der Waals surface area (Å²) in [5.74, 6) is -0.846. The molecule has 0 fully saturated rings. The lowest BCUT2D eigenvalue weighted by Crippen LogP contribution is -2.25. The van der Waals surface area contributed by atoms with Crippen LogP contribution in [0.2, 0.25) is 0 Å². The van der Waals surface area contributed by atoms with Gasteiger partial charge >= 0.3 is 5.97 Å². The number of benzene rings is 2. The Balaban J connectivity index is 1.67. The molecule has 0 saturated carbocycles. The molecule has 0 spiro atoms. The number of nitrogens with zero attached hydrogens (tertiary/aromatic N) is 1. The van der Waals surface area contributed by atoms with Gasteiger partial charge in [-0.3, -0.25) is 4.79 Å². The van der Waals surface area contributed by atoms with E-state index in [1.807, 2.05) is 12.1 Å². The van der Waals surface area contributed by atoms with Crippen molar-refractivity contribution in [3.63, 3.8) is 0 Å². The Labute approximate surface area is 134 Å². The number of hydrogen-bond donors (Lipinski definition) is 2. The lowest BCUT2D eigenvalue weighted by molar-refractivity contribution is -0.116. The van der Waals surface area contributed by atoms with Gasteiger partial charge in [-0.2, -0.15) is 0 Å². The number of carboxylic acids is 1. The highest BCUT2D eigenvalue weighted by Crippen LogP contribution is 2.30. The third kappa shape index (κ3) is 3.18. The van der Waals surface area contributed by atoms with Gasteiger partial charge in [0.15, 0.2) is 0 Å². The van der Waals surface area contributed by atoms with Gasteiger partial charge in [-0.15, -0.1) is 0 Å². The van der Waals surface area contributed by atoms with Crippen LogP contribution in [0.25, 0.3) is 0 Å². The molecule has 0 atom stereocenters. The van der Waals surface area contributed by atoms with Crippen LogP contribution >= 0.6 is 0 Å². The average Bonchev–Trinajstić information content (AvgIpc) is 2.96. The number of nitrogens with one attached hydrogen (secondary N) is 1. The Morgan fingerprint density at radius 3 is 2.57 bits per heavy atom. The number of hydrogen-bond acceptors (Lipinski definition) is 3. The number of carbonyl (C=O) groups excluding carboxylic acids is 1. The summed E-state index contributed by atoms with van der Waals surface area (Å²) in [4.78, 5) is 24.2. The van der Waals surface area contributed by atoms with E-state index in [1.54, 1.807) is 36.1 Å². The van der Waals surface area contributed by atoms with E-state index in [4.69, 9.17) is 5.11 Å². The molecule has 0 aliphatic carbocycles. The largest absolute Gasteiger partial charge is 0.478 e. The molecule has 2 aromatic carbocycles. The highest BCUT2D eigenvalue weighted by Gasteiger charge is 2.21. The van der Waals surface area contributed by atoms with Crippen molar-refractivity contribution in [1.29, 1.82) is 0 Å². The minimum atomic E-state index is -0.918. The quantitative estimate of drug-likeness (QED) is 0.911. The molecule has 0 saturated heterocycles. The van der Waals surface area contributed by atoms with E-state index in [9.17, 15) is 9.59 Å². The highest BCUT2D eigenvalue weighted by molar-refractivity contribution is 5.94. The van der Waals surface area contributed by atoms with Crippen LogP contribution in [-0.2, 0) is 17.8 Å². The van der Waals surface area contributed by atoms with Crippen molar-refractivity contribution in [3.8, 4) is 0 Å². The Kier molecular flexibility index (Phi) is 4.02. The molecule has 3 rings (SSSR count). The van der Waals surface area contributed by atoms with Crippen molar-refractivity contribution < 1.29 is 14.7 Å². The first kappa shape index (κ1) is 15.1. The van der Waals surface area contributed by atoms with Crippen LogP contribution in [0.3, 0.4) is 0 Å². The van der Waals surface area contributed by atoms with E-state index < -0.39 is 5.97 Å². The molecule has 2 aromatic rings. The number of aromatic carboxylic acids is 1. The fourth-order valence-electron chi connectivity index (χ4n) is 2.81. The van der Waals surface area contributed by atoms with Gasteiger partial charge in [0, 0.05) is 31.4 Å². The fourth-order valence-corrected chi connectivity index (χ4v) is 2.81. The van der Waals surface area contributed by atoms with Crippen LogP contribution < -0.4 is 10.2 Å². The highest BCUT2D eigenvalue weighted by atomic mass is 16.4. The van der Waals surface area contributed by atoms with E-state index in [-0.39, 0.29) is 11.5 Å². The second kappa shape index (κ2) is 6.12. The van der Waals surface area contributed by atoms with Crippen LogP contribution in [-0.4, -0.2) is 23.5 Å². The SMILES string of the molecule is CC(=O)N1CCc2cc(NCc3ccc(C(=O)O)cc3)ccc21. The van der Waals surface area contributed by atoms with Crippen molar-refractivity contribution in [2.75, 3.05) is 16.8 Å². The van der Waals surface area contributed by atoms with Crippen LogP contribution in [0.5, 0.6) is 0 Å². The van der Waals surface area contributed by atoms with Crippen molar-refractivity contribution in [1.82, 2.24) is 0 Å². The number of carbonyl (C=O) groups is 2. The lowest BCUT2D eigenvalue weighted by Gasteiger charge is -2.15. The number of rotatable bonds is 4. The van der Waals surface area contributed by atoms with Gasteiger partial charge in [0.05, 0.1) is 5.56 Å². The van der Waals surface area contributed by atoms with Gasteiger partial charge < -0.3 is 15.3 Å². The summed E-state index contributed by atoms with van der Waals surface area (Å²) in [6.45, 7) is 2.95. The van der Waals surface area contributed by atoms with Crippen molar-refractivity contribution in [3.05, 3.63) is 59.2 Å². The fraction of sp³-hybridized carbons (Fsp3) is 0.222. The predicted molar refractivity (Wildman–Crippen MR) is 88.9 cm³/mol. The van der Waals surface area contributed by atoms with E-state index in [0.29, 0.717) is 6.54 Å². The maximum atomic E-state index is 11.5. The first-order chi connectivity index (χ1) is 11.0. The van der Waals surface area contributed by atoms with Gasteiger partial charge in [-0.05, 0) is 47.9 Å². The molecule has 5 heteroatoms. The third-order valence-electron chi connectivity index (χ3n) is 4.05. The number of anilines is 2. The Bertz CT molecular complexity index is 753. The Hall–Kier alpha value is -2.82. The molecule has 0 unspecified atom stereocenters. The molecular formula is C18H18N2O3. The van der Waals surface area contributed by atoms with E-state index in [1.165, 1.54) is 5.56 Å².